The summed E-state index contributed by atoms with van der Waals surface area (Å²) in [5.74, 6) is -0.109. The van der Waals surface area contributed by atoms with Crippen LogP contribution >= 0.6 is 0 Å². The van der Waals surface area contributed by atoms with Crippen molar-refractivity contribution in [2.24, 2.45) is 5.92 Å². The lowest BCUT2D eigenvalue weighted by molar-refractivity contribution is -0.931. The first kappa shape index (κ1) is 26.6. The number of quaternary nitrogens is 1. The van der Waals surface area contributed by atoms with Gasteiger partial charge in [0.05, 0.1) is 32.2 Å². The first-order valence-corrected chi connectivity index (χ1v) is 10.5. The van der Waals surface area contributed by atoms with Gasteiger partial charge in [-0.2, -0.15) is 0 Å². The van der Waals surface area contributed by atoms with Gasteiger partial charge in [-0.05, 0) is 33.1 Å². The van der Waals surface area contributed by atoms with E-state index in [2.05, 4.69) is 25.5 Å². The summed E-state index contributed by atoms with van der Waals surface area (Å²) < 4.78 is 5.81. The van der Waals surface area contributed by atoms with E-state index in [4.69, 9.17) is 0 Å². The predicted octanol–water partition coefficient (Wildman–Crippen LogP) is 4.79. The van der Waals surface area contributed by atoms with E-state index in [0.717, 1.165) is 11.0 Å². The number of nitrogens with zero attached hydrogens (tertiary/aromatic N) is 1. The summed E-state index contributed by atoms with van der Waals surface area (Å²) in [5.41, 5.74) is 0. The number of hydrogen-bond donors (Lipinski definition) is 1. The SMILES string of the molecule is CCCC[N+](CCCC)(CCCC)CC(C)O.CCOC(=O)C(C)C. The van der Waals surface area contributed by atoms with Crippen molar-refractivity contribution in [3.05, 3.63) is 0 Å². The largest absolute Gasteiger partial charge is 0.466 e. The van der Waals surface area contributed by atoms with Crippen LogP contribution in [0.1, 0.15) is 87.0 Å². The summed E-state index contributed by atoms with van der Waals surface area (Å²) >= 11 is 0. The maximum Gasteiger partial charge on any atom is 0.308 e. The normalized spacial score (nSPS) is 12.5. The van der Waals surface area contributed by atoms with E-state index in [9.17, 15) is 9.90 Å². The Balaban J connectivity index is 0. The summed E-state index contributed by atoms with van der Waals surface area (Å²) in [4.78, 5) is 10.5. The smallest absolute Gasteiger partial charge is 0.308 e. The molecule has 1 N–H and O–H groups in total. The van der Waals surface area contributed by atoms with E-state index < -0.39 is 0 Å². The number of unbranched alkanes of at least 4 members (excludes halogenated alkanes) is 3. The molecule has 0 heterocycles. The summed E-state index contributed by atoms with van der Waals surface area (Å²) in [5, 5.41) is 9.77. The number of hydrogen-bond acceptors (Lipinski definition) is 3. The molecule has 0 aliphatic heterocycles. The van der Waals surface area contributed by atoms with Crippen molar-refractivity contribution in [1.82, 2.24) is 0 Å². The van der Waals surface area contributed by atoms with Crippen LogP contribution in [0.3, 0.4) is 0 Å². The average molecular weight is 361 g/mol. The van der Waals surface area contributed by atoms with Crippen molar-refractivity contribution < 1.29 is 19.1 Å². The minimum Gasteiger partial charge on any atom is -0.466 e. The second-order valence-corrected chi connectivity index (χ2v) is 7.51. The lowest BCUT2D eigenvalue weighted by atomic mass is 10.1. The van der Waals surface area contributed by atoms with Gasteiger partial charge in [-0.1, -0.05) is 53.9 Å². The number of ether oxygens (including phenoxy) is 1. The first-order chi connectivity index (χ1) is 11.8. The molecular formula is C21H46NO3+. The highest BCUT2D eigenvalue weighted by Gasteiger charge is 2.27. The number of aliphatic hydroxyl groups is 1. The molecule has 0 spiro atoms. The fourth-order valence-electron chi connectivity index (χ4n) is 2.96. The van der Waals surface area contributed by atoms with E-state index in [0.29, 0.717) is 6.61 Å². The summed E-state index contributed by atoms with van der Waals surface area (Å²) in [6.45, 7) is 19.3. The average Bonchev–Trinajstić information content (AvgIpc) is 2.56. The highest BCUT2D eigenvalue weighted by atomic mass is 16.5. The molecule has 0 fully saturated rings. The highest BCUT2D eigenvalue weighted by molar-refractivity contribution is 5.71. The highest BCUT2D eigenvalue weighted by Crippen LogP contribution is 2.15. The Labute approximate surface area is 157 Å². The van der Waals surface area contributed by atoms with Gasteiger partial charge < -0.3 is 14.3 Å². The Morgan fingerprint density at radius 3 is 1.48 bits per heavy atom. The molecule has 4 nitrogen and oxygen atoms in total. The number of carbonyl (C=O) groups is 1. The minimum absolute atomic E-state index is 0.00921. The van der Waals surface area contributed by atoms with Crippen molar-refractivity contribution in [1.29, 1.82) is 0 Å². The van der Waals surface area contributed by atoms with Gasteiger partial charge in [-0.25, -0.2) is 0 Å². The molecule has 0 aliphatic rings. The maximum absolute atomic E-state index is 10.5. The van der Waals surface area contributed by atoms with Crippen LogP contribution in [-0.2, 0) is 9.53 Å². The molecule has 4 heteroatoms. The molecule has 0 aliphatic carbocycles. The van der Waals surface area contributed by atoms with Crippen LogP contribution in [0, 0.1) is 5.92 Å². The number of esters is 1. The lowest BCUT2D eigenvalue weighted by Crippen LogP contribution is -2.53. The zero-order chi connectivity index (χ0) is 19.7. The third-order valence-corrected chi connectivity index (χ3v) is 4.37. The monoisotopic (exact) mass is 360 g/mol. The Kier molecular flexibility index (Phi) is 17.9. The van der Waals surface area contributed by atoms with Crippen LogP contribution in [0.15, 0.2) is 0 Å². The van der Waals surface area contributed by atoms with Gasteiger partial charge in [-0.3, -0.25) is 4.79 Å². The van der Waals surface area contributed by atoms with Crippen LogP contribution in [0.5, 0.6) is 0 Å². The molecule has 0 saturated carbocycles. The minimum atomic E-state index is -0.166. The fraction of sp³-hybridized carbons (Fsp3) is 0.952. The zero-order valence-electron chi connectivity index (χ0n) is 18.1. The van der Waals surface area contributed by atoms with Crippen LogP contribution in [0.2, 0.25) is 0 Å². The standard InChI is InChI=1S/C15H34NO.C6H12O2/c1-5-8-11-16(12-9-6-2,13-10-7-3)14-15(4)17;1-4-8-6(7)5(2)3/h15,17H,5-14H2,1-4H3;5H,4H2,1-3H3/q+1;. The molecule has 0 rings (SSSR count). The molecule has 0 saturated heterocycles. The van der Waals surface area contributed by atoms with E-state index in [1.165, 1.54) is 58.2 Å². The summed E-state index contributed by atoms with van der Waals surface area (Å²) in [7, 11) is 0. The van der Waals surface area contributed by atoms with Crippen LogP contribution in [0.4, 0.5) is 0 Å². The van der Waals surface area contributed by atoms with Crippen molar-refractivity contribution >= 4 is 5.97 Å². The van der Waals surface area contributed by atoms with Gasteiger partial charge >= 0.3 is 5.97 Å². The molecule has 25 heavy (non-hydrogen) atoms. The fourth-order valence-corrected chi connectivity index (χ4v) is 2.96. The van der Waals surface area contributed by atoms with E-state index in [-0.39, 0.29) is 18.0 Å². The molecule has 0 radical (unpaired) electrons. The van der Waals surface area contributed by atoms with E-state index >= 15 is 0 Å². The first-order valence-electron chi connectivity index (χ1n) is 10.5. The van der Waals surface area contributed by atoms with Crippen LogP contribution < -0.4 is 0 Å². The number of rotatable bonds is 13. The maximum atomic E-state index is 10.5. The van der Waals surface area contributed by atoms with Gasteiger partial charge in [0.2, 0.25) is 0 Å². The van der Waals surface area contributed by atoms with Crippen molar-refractivity contribution in [3.63, 3.8) is 0 Å². The van der Waals surface area contributed by atoms with E-state index in [1.54, 1.807) is 6.92 Å². The summed E-state index contributed by atoms with van der Waals surface area (Å²) in [6, 6.07) is 0. The molecule has 0 amide bonds. The van der Waals surface area contributed by atoms with Gasteiger partial charge in [0.1, 0.15) is 12.6 Å². The quantitative estimate of drug-likeness (QED) is 0.379. The van der Waals surface area contributed by atoms with Crippen LogP contribution in [-0.4, -0.2) is 54.4 Å². The van der Waals surface area contributed by atoms with Gasteiger partial charge in [0.15, 0.2) is 0 Å². The van der Waals surface area contributed by atoms with Crippen molar-refractivity contribution in [2.45, 2.75) is 93.1 Å². The Bertz CT molecular complexity index is 282. The zero-order valence-corrected chi connectivity index (χ0v) is 18.1. The molecule has 152 valence electrons. The molecule has 0 bridgehead atoms. The molecule has 0 aromatic heterocycles. The van der Waals surface area contributed by atoms with Gasteiger partial charge in [0.25, 0.3) is 0 Å². The molecule has 1 unspecified atom stereocenters. The Morgan fingerprint density at radius 1 is 0.880 bits per heavy atom. The number of aliphatic hydroxyl groups excluding tert-OH is 1. The second-order valence-electron chi connectivity index (χ2n) is 7.51. The molecule has 0 aromatic rings. The van der Waals surface area contributed by atoms with Gasteiger partial charge in [0, 0.05) is 0 Å². The summed E-state index contributed by atoms with van der Waals surface area (Å²) in [6.07, 6.45) is 7.50. The molecule has 1 atom stereocenters. The number of carbonyl (C=O) groups excluding carboxylic acids is 1. The predicted molar refractivity (Wildman–Crippen MR) is 108 cm³/mol. The Morgan fingerprint density at radius 2 is 1.28 bits per heavy atom. The van der Waals surface area contributed by atoms with E-state index in [1.807, 2.05) is 20.8 Å². The third-order valence-electron chi connectivity index (χ3n) is 4.37. The molecule has 0 aromatic carbocycles. The van der Waals surface area contributed by atoms with Crippen molar-refractivity contribution in [2.75, 3.05) is 32.8 Å². The topological polar surface area (TPSA) is 46.5 Å². The lowest BCUT2D eigenvalue weighted by Gasteiger charge is -2.40. The second kappa shape index (κ2) is 16.8. The Hall–Kier alpha value is -0.610. The van der Waals surface area contributed by atoms with Crippen molar-refractivity contribution in [3.8, 4) is 0 Å². The van der Waals surface area contributed by atoms with Gasteiger partial charge in [-0.15, -0.1) is 0 Å². The van der Waals surface area contributed by atoms with Crippen LogP contribution in [0.25, 0.3) is 0 Å². The third kappa shape index (κ3) is 15.4. The molecular weight excluding hydrogens is 314 g/mol.